The van der Waals surface area contributed by atoms with Crippen molar-refractivity contribution < 1.29 is 14.6 Å². The normalized spacial score (nSPS) is 22.8. The third-order valence-electron chi connectivity index (χ3n) is 4.07. The van der Waals surface area contributed by atoms with Gasteiger partial charge in [0.2, 0.25) is 0 Å². The Labute approximate surface area is 124 Å². The van der Waals surface area contributed by atoms with E-state index in [1.165, 1.54) is 0 Å². The molecule has 0 bridgehead atoms. The highest BCUT2D eigenvalue weighted by Gasteiger charge is 2.49. The van der Waals surface area contributed by atoms with Crippen LogP contribution in [0.25, 0.3) is 0 Å². The fourth-order valence-corrected chi connectivity index (χ4v) is 3.26. The van der Waals surface area contributed by atoms with Crippen molar-refractivity contribution in [2.45, 2.75) is 31.5 Å². The monoisotopic (exact) mass is 281 g/mol. The van der Waals surface area contributed by atoms with Crippen molar-refractivity contribution in [3.8, 4) is 0 Å². The number of carbonyl (C=O) groups excluding carboxylic acids is 1. The fraction of sp³-hybridized carbons (Fsp3) is 0.278. The second kappa shape index (κ2) is 4.71. The van der Waals surface area contributed by atoms with Crippen molar-refractivity contribution in [3.05, 3.63) is 71.3 Å². The minimum Gasteiger partial charge on any atom is -0.550 e. The van der Waals surface area contributed by atoms with E-state index >= 15 is 0 Å². The van der Waals surface area contributed by atoms with E-state index in [-0.39, 0.29) is 6.42 Å². The van der Waals surface area contributed by atoms with E-state index in [2.05, 4.69) is 0 Å². The van der Waals surface area contributed by atoms with Crippen LogP contribution >= 0.6 is 0 Å². The zero-order chi connectivity index (χ0) is 15.1. The molecule has 0 unspecified atom stereocenters. The van der Waals surface area contributed by atoms with E-state index in [9.17, 15) is 9.90 Å². The van der Waals surface area contributed by atoms with Gasteiger partial charge in [0.15, 0.2) is 0 Å². The molecular formula is C18H17O3-. The number of benzene rings is 2. The molecule has 1 atom stereocenters. The van der Waals surface area contributed by atoms with E-state index in [0.717, 1.165) is 16.7 Å². The maximum atomic E-state index is 11.4. The molecule has 3 heteroatoms. The molecule has 0 radical (unpaired) electrons. The van der Waals surface area contributed by atoms with Gasteiger partial charge in [-0.05, 0) is 30.5 Å². The summed E-state index contributed by atoms with van der Waals surface area (Å²) >= 11 is 0. The predicted molar refractivity (Wildman–Crippen MR) is 77.4 cm³/mol. The first-order valence-electron chi connectivity index (χ1n) is 7.01. The first-order chi connectivity index (χ1) is 9.96. The number of rotatable bonds is 3. The number of fused-ring (bicyclic) bond motifs is 1. The van der Waals surface area contributed by atoms with Crippen LogP contribution in [0, 0.1) is 0 Å². The number of carbonyl (C=O) groups is 1. The lowest BCUT2D eigenvalue weighted by Gasteiger charge is -2.33. The van der Waals surface area contributed by atoms with Crippen molar-refractivity contribution >= 4 is 5.97 Å². The number of hydrogen-bond donors (Lipinski definition) is 0. The van der Waals surface area contributed by atoms with Crippen LogP contribution in [0.15, 0.2) is 54.6 Å². The van der Waals surface area contributed by atoms with Crippen LogP contribution in [0.4, 0.5) is 0 Å². The Balaban J connectivity index is 2.26. The zero-order valence-electron chi connectivity index (χ0n) is 12.1. The van der Waals surface area contributed by atoms with Crippen LogP contribution in [-0.2, 0) is 20.7 Å². The quantitative estimate of drug-likeness (QED) is 0.867. The lowest BCUT2D eigenvalue weighted by atomic mass is 9.82. The maximum Gasteiger partial charge on any atom is 0.125 e. The minimum absolute atomic E-state index is 0.197. The number of aliphatic carboxylic acids is 1. The van der Waals surface area contributed by atoms with Crippen LogP contribution in [-0.4, -0.2) is 5.97 Å². The molecule has 0 amide bonds. The SMILES string of the molecule is CC1(C)O[C@@](CC(=O)[O-])(c2ccccc2)c2ccccc21. The molecule has 0 fully saturated rings. The van der Waals surface area contributed by atoms with Gasteiger partial charge in [0.25, 0.3) is 0 Å². The van der Waals surface area contributed by atoms with Crippen LogP contribution < -0.4 is 5.11 Å². The number of hydrogen-bond acceptors (Lipinski definition) is 3. The largest absolute Gasteiger partial charge is 0.550 e. The summed E-state index contributed by atoms with van der Waals surface area (Å²) in [5, 5.41) is 11.4. The molecule has 1 aliphatic rings. The summed E-state index contributed by atoms with van der Waals surface area (Å²) in [7, 11) is 0. The summed E-state index contributed by atoms with van der Waals surface area (Å²) < 4.78 is 6.28. The van der Waals surface area contributed by atoms with Gasteiger partial charge in [-0.3, -0.25) is 0 Å². The summed E-state index contributed by atoms with van der Waals surface area (Å²) in [6.07, 6.45) is -0.197. The Hall–Kier alpha value is -2.13. The van der Waals surface area contributed by atoms with Gasteiger partial charge in [0.1, 0.15) is 5.60 Å². The Morgan fingerprint density at radius 3 is 2.19 bits per heavy atom. The number of carboxylic acid groups (broad SMARTS) is 1. The maximum absolute atomic E-state index is 11.4. The van der Waals surface area contributed by atoms with Crippen LogP contribution in [0.1, 0.15) is 37.0 Å². The third-order valence-corrected chi connectivity index (χ3v) is 4.07. The highest BCUT2D eigenvalue weighted by atomic mass is 16.5. The second-order valence-electron chi connectivity index (χ2n) is 5.90. The van der Waals surface area contributed by atoms with Gasteiger partial charge in [-0.15, -0.1) is 0 Å². The summed E-state index contributed by atoms with van der Waals surface area (Å²) in [6.45, 7) is 3.93. The van der Waals surface area contributed by atoms with Gasteiger partial charge in [-0.25, -0.2) is 0 Å². The molecule has 1 heterocycles. The first-order valence-corrected chi connectivity index (χ1v) is 7.01. The van der Waals surface area contributed by atoms with Gasteiger partial charge in [-0.2, -0.15) is 0 Å². The molecule has 2 aromatic carbocycles. The van der Waals surface area contributed by atoms with Crippen molar-refractivity contribution in [1.82, 2.24) is 0 Å². The molecule has 2 aromatic rings. The Morgan fingerprint density at radius 2 is 1.57 bits per heavy atom. The van der Waals surface area contributed by atoms with Crippen LogP contribution in [0.5, 0.6) is 0 Å². The van der Waals surface area contributed by atoms with Crippen molar-refractivity contribution in [2.24, 2.45) is 0 Å². The average Bonchev–Trinajstić information content (AvgIpc) is 2.69. The van der Waals surface area contributed by atoms with Crippen molar-refractivity contribution in [3.63, 3.8) is 0 Å². The molecule has 3 rings (SSSR count). The Morgan fingerprint density at radius 1 is 1.00 bits per heavy atom. The van der Waals surface area contributed by atoms with E-state index in [1.54, 1.807) is 0 Å². The molecule has 3 nitrogen and oxygen atoms in total. The molecule has 1 aliphatic heterocycles. The average molecular weight is 281 g/mol. The standard InChI is InChI=1S/C18H18O3/c1-17(2)14-10-6-7-11-15(14)18(21-17,12-16(19)20)13-8-4-3-5-9-13/h3-11H,12H2,1-2H3,(H,19,20)/p-1/t18-/m0/s1. The minimum atomic E-state index is -1.12. The topological polar surface area (TPSA) is 49.4 Å². The summed E-state index contributed by atoms with van der Waals surface area (Å²) in [4.78, 5) is 11.4. The van der Waals surface area contributed by atoms with Crippen LogP contribution in [0.3, 0.4) is 0 Å². The fourth-order valence-electron chi connectivity index (χ4n) is 3.26. The van der Waals surface area contributed by atoms with Gasteiger partial charge < -0.3 is 14.6 Å². The van der Waals surface area contributed by atoms with Gasteiger partial charge in [0.05, 0.1) is 5.60 Å². The highest BCUT2D eigenvalue weighted by molar-refractivity contribution is 5.69. The van der Waals surface area contributed by atoms with E-state index < -0.39 is 17.2 Å². The first kappa shape index (κ1) is 13.8. The molecule has 21 heavy (non-hydrogen) atoms. The molecule has 0 spiro atoms. The number of carboxylic acids is 1. The van der Waals surface area contributed by atoms with E-state index in [4.69, 9.17) is 4.74 Å². The molecule has 0 saturated carbocycles. The summed E-state index contributed by atoms with van der Waals surface area (Å²) in [5.74, 6) is -1.12. The molecular weight excluding hydrogens is 264 g/mol. The lowest BCUT2D eigenvalue weighted by Crippen LogP contribution is -2.38. The van der Waals surface area contributed by atoms with Crippen LogP contribution in [0.2, 0.25) is 0 Å². The van der Waals surface area contributed by atoms with Gasteiger partial charge >= 0.3 is 0 Å². The molecule has 0 saturated heterocycles. The Kier molecular flexibility index (Phi) is 3.10. The zero-order valence-corrected chi connectivity index (χ0v) is 12.1. The molecule has 0 aromatic heterocycles. The predicted octanol–water partition coefficient (Wildman–Crippen LogP) is 2.34. The molecule has 108 valence electrons. The van der Waals surface area contributed by atoms with Gasteiger partial charge in [-0.1, -0.05) is 54.6 Å². The number of ether oxygens (including phenoxy) is 1. The van der Waals surface area contributed by atoms with E-state index in [1.807, 2.05) is 68.4 Å². The molecule has 0 N–H and O–H groups in total. The summed E-state index contributed by atoms with van der Waals surface area (Å²) in [6, 6.07) is 17.3. The third kappa shape index (κ3) is 2.14. The van der Waals surface area contributed by atoms with Crippen molar-refractivity contribution in [1.29, 1.82) is 0 Å². The Bertz CT molecular complexity index is 676. The van der Waals surface area contributed by atoms with E-state index in [0.29, 0.717) is 0 Å². The highest BCUT2D eigenvalue weighted by Crippen LogP contribution is 2.51. The van der Waals surface area contributed by atoms with Crippen molar-refractivity contribution in [2.75, 3.05) is 0 Å². The molecule has 0 aliphatic carbocycles. The van der Waals surface area contributed by atoms with Gasteiger partial charge in [0, 0.05) is 12.4 Å². The lowest BCUT2D eigenvalue weighted by molar-refractivity contribution is -0.310. The smallest absolute Gasteiger partial charge is 0.125 e. The summed E-state index contributed by atoms with van der Waals surface area (Å²) in [5.41, 5.74) is 1.25. The second-order valence-corrected chi connectivity index (χ2v) is 5.90.